The molecule has 2 N–H and O–H groups in total. The van der Waals surface area contributed by atoms with Crippen molar-refractivity contribution in [2.24, 2.45) is 0 Å². The number of rotatable bonds is 0. The topological polar surface area (TPSA) is 26.0 Å². The van der Waals surface area contributed by atoms with Crippen LogP contribution < -0.4 is 5.73 Å². The van der Waals surface area contributed by atoms with Crippen molar-refractivity contribution in [3.8, 4) is 0 Å². The fourth-order valence-corrected chi connectivity index (χ4v) is 1.48. The van der Waals surface area contributed by atoms with Crippen LogP contribution in [0.15, 0.2) is 53.4 Å². The molecular weight excluding hydrogens is 295 g/mol. The number of anilines is 1. The molecule has 0 atom stereocenters. The van der Waals surface area contributed by atoms with Gasteiger partial charge in [0, 0.05) is 15.6 Å². The summed E-state index contributed by atoms with van der Waals surface area (Å²) in [5, 5.41) is 0.0971. The molecule has 2 rings (SSSR count). The lowest BCUT2D eigenvalue weighted by Gasteiger charge is -2.05. The predicted octanol–water partition coefficient (Wildman–Crippen LogP) is 4.92. The van der Waals surface area contributed by atoms with Crippen LogP contribution in [-0.2, 0) is 6.18 Å². The van der Waals surface area contributed by atoms with Gasteiger partial charge < -0.3 is 5.73 Å². The third-order valence-electron chi connectivity index (χ3n) is 2.05. The van der Waals surface area contributed by atoms with Crippen LogP contribution in [0.5, 0.6) is 0 Å². The van der Waals surface area contributed by atoms with E-state index in [0.717, 1.165) is 22.7 Å². The highest BCUT2D eigenvalue weighted by Gasteiger charge is 2.30. The molecule has 0 bridgehead atoms. The van der Waals surface area contributed by atoms with Gasteiger partial charge in [-0.3, -0.25) is 0 Å². The number of hydrogen-bond donors (Lipinski definition) is 2. The Kier molecular flexibility index (Phi) is 5.57. The predicted molar refractivity (Wildman–Crippen MR) is 74.6 cm³/mol. The van der Waals surface area contributed by atoms with Crippen LogP contribution in [0.25, 0.3) is 0 Å². The van der Waals surface area contributed by atoms with Gasteiger partial charge in [-0.2, -0.15) is 13.2 Å². The molecule has 0 radical (unpaired) electrons. The molecule has 0 aromatic heterocycles. The Balaban J connectivity index is 0.000000200. The van der Waals surface area contributed by atoms with Gasteiger partial charge in [0.05, 0.1) is 5.56 Å². The molecule has 0 unspecified atom stereocenters. The Labute approximate surface area is 119 Å². The van der Waals surface area contributed by atoms with Crippen molar-refractivity contribution in [3.05, 3.63) is 59.1 Å². The molecule has 0 aliphatic heterocycles. The molecule has 0 heterocycles. The van der Waals surface area contributed by atoms with Crippen molar-refractivity contribution >= 4 is 29.9 Å². The average molecular weight is 306 g/mol. The van der Waals surface area contributed by atoms with Gasteiger partial charge in [-0.25, -0.2) is 0 Å². The fraction of sp³-hybridized carbons (Fsp3) is 0.0769. The lowest BCUT2D eigenvalue weighted by molar-refractivity contribution is -0.137. The van der Waals surface area contributed by atoms with E-state index >= 15 is 0 Å². The zero-order valence-corrected chi connectivity index (χ0v) is 11.3. The lowest BCUT2D eigenvalue weighted by atomic mass is 10.2. The van der Waals surface area contributed by atoms with Gasteiger partial charge >= 0.3 is 6.18 Å². The van der Waals surface area contributed by atoms with E-state index in [1.807, 2.05) is 24.3 Å². The third-order valence-corrected chi connectivity index (χ3v) is 2.58. The first kappa shape index (κ1) is 15.7. The molecular formula is C13H11ClF3NS. The Bertz CT molecular complexity index is 505. The highest BCUT2D eigenvalue weighted by atomic mass is 35.5. The van der Waals surface area contributed by atoms with Gasteiger partial charge in [0.2, 0.25) is 0 Å². The monoisotopic (exact) mass is 305 g/mol. The minimum absolute atomic E-state index is 0.0971. The van der Waals surface area contributed by atoms with Crippen molar-refractivity contribution in [2.45, 2.75) is 11.1 Å². The van der Waals surface area contributed by atoms with Crippen LogP contribution in [0.1, 0.15) is 5.56 Å². The summed E-state index contributed by atoms with van der Waals surface area (Å²) in [5.74, 6) is 0. The van der Waals surface area contributed by atoms with Crippen LogP contribution >= 0.6 is 24.2 Å². The zero-order valence-electron chi connectivity index (χ0n) is 9.66. The van der Waals surface area contributed by atoms with Gasteiger partial charge in [-0.1, -0.05) is 17.7 Å². The molecule has 0 saturated carbocycles. The van der Waals surface area contributed by atoms with Gasteiger partial charge in [0.25, 0.3) is 0 Å². The molecule has 19 heavy (non-hydrogen) atoms. The van der Waals surface area contributed by atoms with Crippen molar-refractivity contribution in [1.82, 2.24) is 0 Å². The van der Waals surface area contributed by atoms with Gasteiger partial charge in [0.1, 0.15) is 0 Å². The van der Waals surface area contributed by atoms with Crippen molar-refractivity contribution in [3.63, 3.8) is 0 Å². The summed E-state index contributed by atoms with van der Waals surface area (Å²) in [6.07, 6.45) is -4.30. The maximum atomic E-state index is 11.9. The average Bonchev–Trinajstić information content (AvgIpc) is 2.33. The van der Waals surface area contributed by atoms with E-state index in [1.165, 1.54) is 12.1 Å². The largest absolute Gasteiger partial charge is 0.416 e. The van der Waals surface area contributed by atoms with Crippen LogP contribution in [0.4, 0.5) is 18.9 Å². The van der Waals surface area contributed by atoms with E-state index in [-0.39, 0.29) is 5.02 Å². The smallest absolute Gasteiger partial charge is 0.399 e. The van der Waals surface area contributed by atoms with Crippen LogP contribution in [0, 0.1) is 0 Å². The first-order valence-electron chi connectivity index (χ1n) is 5.16. The summed E-state index contributed by atoms with van der Waals surface area (Å²) in [4.78, 5) is 0.944. The maximum absolute atomic E-state index is 11.9. The Morgan fingerprint density at radius 3 is 1.95 bits per heavy atom. The van der Waals surface area contributed by atoms with Crippen molar-refractivity contribution in [1.29, 1.82) is 0 Å². The number of nitrogens with two attached hydrogens (primary N) is 1. The molecule has 2 aromatic rings. The number of nitrogen functional groups attached to an aromatic ring is 1. The molecule has 0 amide bonds. The van der Waals surface area contributed by atoms with Gasteiger partial charge in [0.15, 0.2) is 0 Å². The highest BCUT2D eigenvalue weighted by Crippen LogP contribution is 2.30. The van der Waals surface area contributed by atoms with Crippen molar-refractivity contribution in [2.75, 3.05) is 5.73 Å². The van der Waals surface area contributed by atoms with E-state index in [1.54, 1.807) is 0 Å². The number of alkyl halides is 3. The summed E-state index contributed by atoms with van der Waals surface area (Å²) in [6, 6.07) is 11.9. The zero-order chi connectivity index (χ0) is 14.5. The van der Waals surface area contributed by atoms with Crippen LogP contribution in [0.3, 0.4) is 0 Å². The normalized spacial score (nSPS) is 10.6. The summed E-state index contributed by atoms with van der Waals surface area (Å²) >= 11 is 9.43. The van der Waals surface area contributed by atoms with E-state index in [9.17, 15) is 13.2 Å². The highest BCUT2D eigenvalue weighted by molar-refractivity contribution is 7.80. The second-order valence-electron chi connectivity index (χ2n) is 3.60. The van der Waals surface area contributed by atoms with E-state index < -0.39 is 11.7 Å². The number of benzene rings is 2. The minimum atomic E-state index is -4.30. The van der Waals surface area contributed by atoms with Crippen molar-refractivity contribution < 1.29 is 13.2 Å². The Hall–Kier alpha value is -1.33. The lowest BCUT2D eigenvalue weighted by Crippen LogP contribution is -2.03. The quantitative estimate of drug-likeness (QED) is 0.524. The maximum Gasteiger partial charge on any atom is 0.416 e. The van der Waals surface area contributed by atoms with Crippen LogP contribution in [0.2, 0.25) is 5.02 Å². The van der Waals surface area contributed by atoms with E-state index in [2.05, 4.69) is 12.6 Å². The third kappa shape index (κ3) is 5.89. The SMILES string of the molecule is FC(F)(F)c1cccc(Cl)c1.Nc1ccc(S)cc1. The number of thiol groups is 1. The second kappa shape index (κ2) is 6.73. The summed E-state index contributed by atoms with van der Waals surface area (Å²) in [7, 11) is 0. The Morgan fingerprint density at radius 1 is 1.00 bits per heavy atom. The molecule has 0 saturated heterocycles. The number of halogens is 4. The molecule has 102 valence electrons. The number of hydrogen-bond acceptors (Lipinski definition) is 2. The van der Waals surface area contributed by atoms with Gasteiger partial charge in [-0.05, 0) is 42.5 Å². The van der Waals surface area contributed by atoms with Gasteiger partial charge in [-0.15, -0.1) is 12.6 Å². The standard InChI is InChI=1S/C7H4ClF3.C6H7NS/c8-6-3-1-2-5(4-6)7(9,10)11;7-5-1-3-6(8)4-2-5/h1-4H;1-4,8H,7H2. The first-order valence-corrected chi connectivity index (χ1v) is 5.99. The summed E-state index contributed by atoms with van der Waals surface area (Å²) in [5.41, 5.74) is 5.46. The first-order chi connectivity index (χ1) is 8.79. The Morgan fingerprint density at radius 2 is 1.58 bits per heavy atom. The minimum Gasteiger partial charge on any atom is -0.399 e. The van der Waals surface area contributed by atoms with Crippen LogP contribution in [-0.4, -0.2) is 0 Å². The molecule has 0 fully saturated rings. The molecule has 2 aromatic carbocycles. The molecule has 1 nitrogen and oxygen atoms in total. The summed E-state index contributed by atoms with van der Waals surface area (Å²) in [6.45, 7) is 0. The van der Waals surface area contributed by atoms with E-state index in [0.29, 0.717) is 0 Å². The molecule has 0 spiro atoms. The molecule has 0 aliphatic carbocycles. The fourth-order valence-electron chi connectivity index (χ4n) is 1.14. The van der Waals surface area contributed by atoms with E-state index in [4.69, 9.17) is 17.3 Å². The summed E-state index contributed by atoms with van der Waals surface area (Å²) < 4.78 is 35.7. The second-order valence-corrected chi connectivity index (χ2v) is 4.55. The molecule has 6 heteroatoms. The molecule has 0 aliphatic rings.